The third-order valence-electron chi connectivity index (χ3n) is 5.50. The van der Waals surface area contributed by atoms with Crippen molar-refractivity contribution in [2.75, 3.05) is 64.3 Å². The average Bonchev–Trinajstić information content (AvgIpc) is 2.68. The SMILES string of the molecule is CN=C(NCCCN1CC(C)CC(C)C1)N1CCN(c2ncccn2)CC1.I. The number of likely N-dealkylation sites (tertiary alicyclic amines) is 1. The molecule has 0 saturated carbocycles. The summed E-state index contributed by atoms with van der Waals surface area (Å²) in [7, 11) is 1.88. The van der Waals surface area contributed by atoms with Gasteiger partial charge in [0.25, 0.3) is 0 Å². The zero-order valence-electron chi connectivity index (χ0n) is 17.5. The highest BCUT2D eigenvalue weighted by Gasteiger charge is 2.22. The highest BCUT2D eigenvalue weighted by molar-refractivity contribution is 14.0. The molecule has 2 saturated heterocycles. The molecule has 3 heterocycles. The summed E-state index contributed by atoms with van der Waals surface area (Å²) in [6.45, 7) is 13.2. The summed E-state index contributed by atoms with van der Waals surface area (Å²) in [5, 5.41) is 3.56. The van der Waals surface area contributed by atoms with Gasteiger partial charge in [0.15, 0.2) is 5.96 Å². The minimum atomic E-state index is 0. The van der Waals surface area contributed by atoms with Gasteiger partial charge in [-0.3, -0.25) is 4.99 Å². The summed E-state index contributed by atoms with van der Waals surface area (Å²) in [4.78, 5) is 20.4. The van der Waals surface area contributed by atoms with Crippen LogP contribution in [0.2, 0.25) is 0 Å². The van der Waals surface area contributed by atoms with Gasteiger partial charge in [0.2, 0.25) is 5.95 Å². The number of aromatic nitrogens is 2. The second-order valence-electron chi connectivity index (χ2n) is 8.06. The van der Waals surface area contributed by atoms with Gasteiger partial charge < -0.3 is 20.0 Å². The fourth-order valence-corrected chi connectivity index (χ4v) is 4.38. The number of nitrogens with one attached hydrogen (secondary N) is 1. The molecule has 0 bridgehead atoms. The number of piperidine rings is 1. The molecule has 2 atom stereocenters. The minimum absolute atomic E-state index is 0. The predicted octanol–water partition coefficient (Wildman–Crippen LogP) is 2.16. The Hall–Kier alpha value is -1.16. The lowest BCUT2D eigenvalue weighted by Crippen LogP contribution is -2.53. The Kier molecular flexibility index (Phi) is 9.70. The van der Waals surface area contributed by atoms with Gasteiger partial charge in [0.1, 0.15) is 0 Å². The van der Waals surface area contributed by atoms with Gasteiger partial charge in [-0.15, -0.1) is 24.0 Å². The molecule has 1 N–H and O–H groups in total. The molecule has 0 spiro atoms. The smallest absolute Gasteiger partial charge is 0.225 e. The van der Waals surface area contributed by atoms with Gasteiger partial charge in [0.05, 0.1) is 0 Å². The second kappa shape index (κ2) is 11.7. The Morgan fingerprint density at radius 1 is 1.11 bits per heavy atom. The molecular weight excluding hydrogens is 465 g/mol. The van der Waals surface area contributed by atoms with E-state index >= 15 is 0 Å². The lowest BCUT2D eigenvalue weighted by Gasteiger charge is -2.37. The van der Waals surface area contributed by atoms with Crippen LogP contribution in [0.4, 0.5) is 5.95 Å². The molecule has 1 aromatic heterocycles. The molecule has 1 aromatic rings. The standard InChI is InChI=1S/C20H35N7.HI/c1-17-14-18(2)16-25(15-17)9-5-8-22-19(21-3)26-10-12-27(13-11-26)20-23-6-4-7-24-20;/h4,6-7,17-18H,5,8-16H2,1-3H3,(H,21,22);1H. The van der Waals surface area contributed by atoms with E-state index in [-0.39, 0.29) is 24.0 Å². The molecule has 0 radical (unpaired) electrons. The fraction of sp³-hybridized carbons (Fsp3) is 0.750. The summed E-state index contributed by atoms with van der Waals surface area (Å²) >= 11 is 0. The molecule has 7 nitrogen and oxygen atoms in total. The molecule has 0 amide bonds. The van der Waals surface area contributed by atoms with Crippen LogP contribution < -0.4 is 10.2 Å². The normalized spacial score (nSPS) is 24.0. The van der Waals surface area contributed by atoms with Crippen molar-refractivity contribution in [3.8, 4) is 0 Å². The van der Waals surface area contributed by atoms with Gasteiger partial charge in [-0.2, -0.15) is 0 Å². The third kappa shape index (κ3) is 6.72. The Balaban J connectivity index is 0.00000280. The second-order valence-corrected chi connectivity index (χ2v) is 8.06. The highest BCUT2D eigenvalue weighted by Crippen LogP contribution is 2.20. The fourth-order valence-electron chi connectivity index (χ4n) is 4.38. The number of rotatable bonds is 5. The first-order valence-corrected chi connectivity index (χ1v) is 10.4. The quantitative estimate of drug-likeness (QED) is 0.289. The molecule has 3 rings (SSSR count). The van der Waals surface area contributed by atoms with Gasteiger partial charge in [-0.05, 0) is 37.3 Å². The van der Waals surface area contributed by atoms with Crippen LogP contribution in [0.3, 0.4) is 0 Å². The van der Waals surface area contributed by atoms with E-state index in [0.717, 1.165) is 62.9 Å². The van der Waals surface area contributed by atoms with Crippen molar-refractivity contribution in [2.45, 2.75) is 26.7 Å². The van der Waals surface area contributed by atoms with Gasteiger partial charge >= 0.3 is 0 Å². The van der Waals surface area contributed by atoms with Crippen molar-refractivity contribution < 1.29 is 0 Å². The van der Waals surface area contributed by atoms with Crippen molar-refractivity contribution in [3.05, 3.63) is 18.5 Å². The summed E-state index contributed by atoms with van der Waals surface area (Å²) in [6, 6.07) is 1.86. The Labute approximate surface area is 187 Å². The Morgan fingerprint density at radius 3 is 2.36 bits per heavy atom. The van der Waals surface area contributed by atoms with Crippen LogP contribution in [0.5, 0.6) is 0 Å². The first-order chi connectivity index (χ1) is 13.2. The number of halogens is 1. The maximum absolute atomic E-state index is 4.49. The molecule has 2 unspecified atom stereocenters. The largest absolute Gasteiger partial charge is 0.356 e. The van der Waals surface area contributed by atoms with Crippen LogP contribution in [-0.4, -0.2) is 85.1 Å². The third-order valence-corrected chi connectivity index (χ3v) is 5.50. The Bertz CT molecular complexity index is 579. The van der Waals surface area contributed by atoms with E-state index in [1.165, 1.54) is 26.1 Å². The van der Waals surface area contributed by atoms with Crippen LogP contribution in [-0.2, 0) is 0 Å². The van der Waals surface area contributed by atoms with Crippen molar-refractivity contribution in [1.82, 2.24) is 25.1 Å². The first kappa shape index (κ1) is 23.1. The molecule has 28 heavy (non-hydrogen) atoms. The van der Waals surface area contributed by atoms with Crippen molar-refractivity contribution in [1.29, 1.82) is 0 Å². The van der Waals surface area contributed by atoms with Crippen LogP contribution in [0.1, 0.15) is 26.7 Å². The minimum Gasteiger partial charge on any atom is -0.356 e. The zero-order chi connectivity index (χ0) is 19.1. The maximum Gasteiger partial charge on any atom is 0.225 e. The summed E-state index contributed by atoms with van der Waals surface area (Å²) in [6.07, 6.45) is 6.15. The number of aliphatic imine (C=N–C) groups is 1. The van der Waals surface area contributed by atoms with E-state index in [4.69, 9.17) is 0 Å². The van der Waals surface area contributed by atoms with Gasteiger partial charge in [-0.25, -0.2) is 9.97 Å². The van der Waals surface area contributed by atoms with Crippen LogP contribution in [0.15, 0.2) is 23.5 Å². The van der Waals surface area contributed by atoms with Crippen molar-refractivity contribution in [3.63, 3.8) is 0 Å². The predicted molar refractivity (Wildman–Crippen MR) is 127 cm³/mol. The lowest BCUT2D eigenvalue weighted by molar-refractivity contribution is 0.140. The molecule has 2 aliphatic rings. The molecular formula is C20H36IN7. The van der Waals surface area contributed by atoms with E-state index in [0.29, 0.717) is 0 Å². The number of hydrogen-bond donors (Lipinski definition) is 1. The number of guanidine groups is 1. The monoisotopic (exact) mass is 501 g/mol. The number of hydrogen-bond acceptors (Lipinski definition) is 5. The van der Waals surface area contributed by atoms with Gasteiger partial charge in [-0.1, -0.05) is 13.8 Å². The zero-order valence-corrected chi connectivity index (χ0v) is 19.9. The van der Waals surface area contributed by atoms with E-state index in [9.17, 15) is 0 Å². The number of nitrogens with zero attached hydrogens (tertiary/aromatic N) is 6. The van der Waals surface area contributed by atoms with E-state index < -0.39 is 0 Å². The van der Waals surface area contributed by atoms with Crippen LogP contribution in [0.25, 0.3) is 0 Å². The number of piperazine rings is 1. The average molecular weight is 501 g/mol. The molecule has 158 valence electrons. The first-order valence-electron chi connectivity index (χ1n) is 10.4. The molecule has 2 fully saturated rings. The van der Waals surface area contributed by atoms with Crippen LogP contribution >= 0.6 is 24.0 Å². The maximum atomic E-state index is 4.49. The van der Waals surface area contributed by atoms with E-state index in [2.05, 4.69) is 48.8 Å². The summed E-state index contributed by atoms with van der Waals surface area (Å²) in [5.74, 6) is 3.51. The lowest BCUT2D eigenvalue weighted by atomic mass is 9.92. The molecule has 8 heteroatoms. The van der Waals surface area contributed by atoms with E-state index in [1.807, 2.05) is 13.1 Å². The summed E-state index contributed by atoms with van der Waals surface area (Å²) < 4.78 is 0. The van der Waals surface area contributed by atoms with E-state index in [1.54, 1.807) is 12.4 Å². The van der Waals surface area contributed by atoms with Gasteiger partial charge in [0, 0.05) is 65.3 Å². The highest BCUT2D eigenvalue weighted by atomic mass is 127. The molecule has 0 aliphatic carbocycles. The Morgan fingerprint density at radius 2 is 1.75 bits per heavy atom. The van der Waals surface area contributed by atoms with Crippen molar-refractivity contribution in [2.24, 2.45) is 16.8 Å². The number of anilines is 1. The van der Waals surface area contributed by atoms with Crippen LogP contribution in [0, 0.1) is 11.8 Å². The summed E-state index contributed by atoms with van der Waals surface area (Å²) in [5.41, 5.74) is 0. The van der Waals surface area contributed by atoms with Crippen molar-refractivity contribution >= 4 is 35.9 Å². The topological polar surface area (TPSA) is 59.9 Å². The molecule has 0 aromatic carbocycles. The molecule has 2 aliphatic heterocycles.